The first kappa shape index (κ1) is 15.7. The van der Waals surface area contributed by atoms with Gasteiger partial charge in [-0.3, -0.25) is 4.79 Å². The van der Waals surface area contributed by atoms with E-state index in [0.717, 1.165) is 29.9 Å². The fourth-order valence-corrected chi connectivity index (χ4v) is 3.33. The molecule has 3 atom stereocenters. The van der Waals surface area contributed by atoms with Crippen molar-refractivity contribution < 1.29 is 14.4 Å². The summed E-state index contributed by atoms with van der Waals surface area (Å²) in [6.07, 6.45) is 4.77. The van der Waals surface area contributed by atoms with Gasteiger partial charge in [0.05, 0.1) is 30.3 Å². The maximum Gasteiger partial charge on any atom is 0.224 e. The number of hydrogen-bond acceptors (Lipinski definition) is 5. The molecule has 1 aliphatic carbocycles. The van der Waals surface area contributed by atoms with Crippen molar-refractivity contribution in [3.05, 3.63) is 35.2 Å². The summed E-state index contributed by atoms with van der Waals surface area (Å²) in [5.41, 5.74) is 1.55. The Kier molecular flexibility index (Phi) is 4.21. The first-order valence-electron chi connectivity index (χ1n) is 7.86. The second-order valence-electron chi connectivity index (χ2n) is 6.17. The van der Waals surface area contributed by atoms with Crippen molar-refractivity contribution in [2.75, 3.05) is 0 Å². The average Bonchev–Trinajstić information content (AvgIpc) is 3.16. The van der Waals surface area contributed by atoms with E-state index in [1.165, 1.54) is 0 Å². The molecule has 1 amide bonds. The van der Waals surface area contributed by atoms with E-state index in [1.807, 2.05) is 24.6 Å². The highest BCUT2D eigenvalue weighted by atomic mass is 16.5. The Morgan fingerprint density at radius 3 is 2.83 bits per heavy atom. The van der Waals surface area contributed by atoms with Crippen LogP contribution >= 0.6 is 0 Å². The maximum absolute atomic E-state index is 12.3. The molecule has 7 nitrogen and oxygen atoms in total. The summed E-state index contributed by atoms with van der Waals surface area (Å²) in [6.45, 7) is 5.53. The molecule has 2 N–H and O–H groups in total. The van der Waals surface area contributed by atoms with Gasteiger partial charge in [-0.25, -0.2) is 4.98 Å². The third-order valence-electron chi connectivity index (χ3n) is 4.66. The van der Waals surface area contributed by atoms with E-state index >= 15 is 0 Å². The van der Waals surface area contributed by atoms with E-state index in [-0.39, 0.29) is 24.4 Å². The summed E-state index contributed by atoms with van der Waals surface area (Å²) in [5.74, 6) is 1.42. The number of aromatic nitrogens is 3. The Balaban J connectivity index is 1.63. The first-order valence-corrected chi connectivity index (χ1v) is 7.86. The molecule has 0 radical (unpaired) electrons. The molecule has 0 saturated heterocycles. The fraction of sp³-hybridized carbons (Fsp3) is 0.562. The molecule has 3 rings (SSSR count). The van der Waals surface area contributed by atoms with Crippen molar-refractivity contribution in [3.8, 4) is 0 Å². The van der Waals surface area contributed by atoms with E-state index in [2.05, 4.69) is 15.5 Å². The third-order valence-corrected chi connectivity index (χ3v) is 4.66. The molecule has 2 heterocycles. The molecule has 2 aromatic heterocycles. The lowest BCUT2D eigenvalue weighted by molar-refractivity contribution is -0.121. The van der Waals surface area contributed by atoms with E-state index in [9.17, 15) is 9.90 Å². The van der Waals surface area contributed by atoms with Crippen LogP contribution < -0.4 is 5.32 Å². The van der Waals surface area contributed by atoms with E-state index < -0.39 is 6.10 Å². The van der Waals surface area contributed by atoms with Gasteiger partial charge in [0.25, 0.3) is 0 Å². The number of carbonyl (C=O) groups is 1. The Labute approximate surface area is 134 Å². The first-order chi connectivity index (χ1) is 11.0. The highest BCUT2D eigenvalue weighted by Crippen LogP contribution is 2.31. The van der Waals surface area contributed by atoms with Crippen molar-refractivity contribution in [1.29, 1.82) is 0 Å². The monoisotopic (exact) mass is 318 g/mol. The Hall–Kier alpha value is -2.15. The highest BCUT2D eigenvalue weighted by molar-refractivity contribution is 5.79. The van der Waals surface area contributed by atoms with Crippen LogP contribution in [0.25, 0.3) is 0 Å². The zero-order valence-electron chi connectivity index (χ0n) is 13.6. The van der Waals surface area contributed by atoms with Crippen LogP contribution in [0, 0.1) is 20.8 Å². The van der Waals surface area contributed by atoms with Crippen molar-refractivity contribution in [1.82, 2.24) is 20.0 Å². The quantitative estimate of drug-likeness (QED) is 0.884. The van der Waals surface area contributed by atoms with Crippen LogP contribution in [0.5, 0.6) is 0 Å². The standard InChI is InChI=1S/C16H22N4O3/c1-9-12(10(2)23-19-9)8-15(21)18-13-4-5-14(16(13)22)20-7-6-17-11(20)3/h6-7,13-14,16,22H,4-5,8H2,1-3H3,(H,18,21)/t13-,14-,16-/m1/s1. The smallest absolute Gasteiger partial charge is 0.224 e. The number of aliphatic hydroxyl groups excluding tert-OH is 1. The third kappa shape index (κ3) is 3.01. The molecule has 23 heavy (non-hydrogen) atoms. The Bertz CT molecular complexity index is 686. The van der Waals surface area contributed by atoms with Gasteiger partial charge >= 0.3 is 0 Å². The van der Waals surface area contributed by atoms with Crippen LogP contribution in [0.15, 0.2) is 16.9 Å². The SMILES string of the molecule is Cc1noc(C)c1CC(=O)N[C@@H]1CC[C@@H](n2ccnc2C)[C@@H]1O. The van der Waals surface area contributed by atoms with Crippen LogP contribution in [-0.4, -0.2) is 37.9 Å². The molecular weight excluding hydrogens is 296 g/mol. The van der Waals surface area contributed by atoms with Gasteiger partial charge in [-0.15, -0.1) is 0 Å². The molecule has 0 aromatic carbocycles. The second kappa shape index (κ2) is 6.16. The number of aryl methyl sites for hydroxylation is 3. The van der Waals surface area contributed by atoms with Gasteiger partial charge in [-0.05, 0) is 33.6 Å². The molecule has 7 heteroatoms. The van der Waals surface area contributed by atoms with Gasteiger partial charge in [0.2, 0.25) is 5.91 Å². The number of nitrogens with one attached hydrogen (secondary N) is 1. The van der Waals surface area contributed by atoms with E-state index in [1.54, 1.807) is 13.1 Å². The van der Waals surface area contributed by atoms with Gasteiger partial charge in [-0.2, -0.15) is 0 Å². The molecule has 1 aliphatic rings. The van der Waals surface area contributed by atoms with Crippen molar-refractivity contribution in [2.24, 2.45) is 0 Å². The predicted molar refractivity (Wildman–Crippen MR) is 82.9 cm³/mol. The van der Waals surface area contributed by atoms with Crippen LogP contribution in [0.3, 0.4) is 0 Å². The number of amides is 1. The summed E-state index contributed by atoms with van der Waals surface area (Å²) >= 11 is 0. The maximum atomic E-state index is 12.3. The van der Waals surface area contributed by atoms with Crippen LogP contribution in [0.1, 0.15) is 41.7 Å². The van der Waals surface area contributed by atoms with Crippen molar-refractivity contribution in [2.45, 2.75) is 58.2 Å². The zero-order valence-corrected chi connectivity index (χ0v) is 13.6. The molecule has 1 fully saturated rings. The number of carbonyl (C=O) groups excluding carboxylic acids is 1. The van der Waals surface area contributed by atoms with Crippen molar-refractivity contribution >= 4 is 5.91 Å². The van der Waals surface area contributed by atoms with E-state index in [4.69, 9.17) is 4.52 Å². The molecule has 1 saturated carbocycles. The minimum atomic E-state index is -0.614. The van der Waals surface area contributed by atoms with Gasteiger partial charge in [-0.1, -0.05) is 5.16 Å². The van der Waals surface area contributed by atoms with Crippen LogP contribution in [-0.2, 0) is 11.2 Å². The molecule has 2 aromatic rings. The second-order valence-corrected chi connectivity index (χ2v) is 6.17. The van der Waals surface area contributed by atoms with Gasteiger partial charge in [0, 0.05) is 18.0 Å². The molecule has 0 unspecified atom stereocenters. The lowest BCUT2D eigenvalue weighted by atomic mass is 10.1. The Morgan fingerprint density at radius 2 is 2.22 bits per heavy atom. The van der Waals surface area contributed by atoms with Crippen molar-refractivity contribution in [3.63, 3.8) is 0 Å². The molecule has 0 aliphatic heterocycles. The van der Waals surface area contributed by atoms with Crippen LogP contribution in [0.2, 0.25) is 0 Å². The van der Waals surface area contributed by atoms with E-state index in [0.29, 0.717) is 5.76 Å². The predicted octanol–water partition coefficient (Wildman–Crippen LogP) is 1.22. The summed E-state index contributed by atoms with van der Waals surface area (Å²) in [5, 5.41) is 17.3. The minimum Gasteiger partial charge on any atom is -0.389 e. The van der Waals surface area contributed by atoms with Crippen LogP contribution in [0.4, 0.5) is 0 Å². The lowest BCUT2D eigenvalue weighted by Gasteiger charge is -2.22. The normalized spacial score (nSPS) is 24.1. The highest BCUT2D eigenvalue weighted by Gasteiger charge is 2.37. The number of aliphatic hydroxyl groups is 1. The largest absolute Gasteiger partial charge is 0.389 e. The lowest BCUT2D eigenvalue weighted by Crippen LogP contribution is -2.42. The number of nitrogens with zero attached hydrogens (tertiary/aromatic N) is 3. The molecule has 0 bridgehead atoms. The summed E-state index contributed by atoms with van der Waals surface area (Å²) in [4.78, 5) is 16.5. The molecule has 124 valence electrons. The van der Waals surface area contributed by atoms with Gasteiger partial charge in [0.1, 0.15) is 11.6 Å². The number of imidazole rings is 1. The average molecular weight is 318 g/mol. The zero-order chi connectivity index (χ0) is 16.6. The minimum absolute atomic E-state index is 0.0399. The summed E-state index contributed by atoms with van der Waals surface area (Å²) in [6, 6.07) is -0.281. The fourth-order valence-electron chi connectivity index (χ4n) is 3.33. The molecule has 0 spiro atoms. The summed E-state index contributed by atoms with van der Waals surface area (Å²) in [7, 11) is 0. The number of rotatable bonds is 4. The number of hydrogen-bond donors (Lipinski definition) is 2. The topological polar surface area (TPSA) is 93.2 Å². The van der Waals surface area contributed by atoms with Gasteiger partial charge < -0.3 is 19.5 Å². The molecular formula is C16H22N4O3. The van der Waals surface area contributed by atoms with Gasteiger partial charge in [0.15, 0.2) is 0 Å². The summed E-state index contributed by atoms with van der Waals surface area (Å²) < 4.78 is 7.05. The Morgan fingerprint density at radius 1 is 1.43 bits per heavy atom.